The summed E-state index contributed by atoms with van der Waals surface area (Å²) in [7, 11) is 1.84. The molecule has 1 unspecified atom stereocenters. The van der Waals surface area contributed by atoms with E-state index in [0.29, 0.717) is 25.6 Å². The van der Waals surface area contributed by atoms with Crippen molar-refractivity contribution >= 4 is 52.0 Å². The smallest absolute Gasteiger partial charge is 0.282 e. The Labute approximate surface area is 203 Å². The fraction of sp³-hybridized carbons (Fsp3) is 0.190. The van der Waals surface area contributed by atoms with Crippen LogP contribution in [0, 0.1) is 0 Å². The minimum Gasteiger partial charge on any atom is -0.349 e. The molecule has 4 aromatic rings. The van der Waals surface area contributed by atoms with E-state index >= 15 is 0 Å². The number of carbonyl (C=O) groups is 1. The van der Waals surface area contributed by atoms with Crippen molar-refractivity contribution in [3.63, 3.8) is 0 Å². The average Bonchev–Trinajstić information content (AvgIpc) is 3.42. The second-order valence-corrected chi connectivity index (χ2v) is 9.57. The second-order valence-electron chi connectivity index (χ2n) is 7.32. The molecule has 4 rings (SSSR count). The van der Waals surface area contributed by atoms with Crippen LogP contribution < -0.4 is 5.32 Å². The van der Waals surface area contributed by atoms with Gasteiger partial charge < -0.3 is 5.32 Å². The summed E-state index contributed by atoms with van der Waals surface area (Å²) in [4.78, 5) is 17.4. The number of nitrogens with zero attached hydrogens (tertiary/aromatic N) is 5. The van der Waals surface area contributed by atoms with E-state index in [4.69, 9.17) is 34.8 Å². The van der Waals surface area contributed by atoms with Gasteiger partial charge in [0.25, 0.3) is 5.91 Å². The normalized spacial score (nSPS) is 13.0. The molecule has 0 spiro atoms. The fourth-order valence-electron chi connectivity index (χ4n) is 3.17. The molecule has 164 valence electrons. The SMILES string of the molecule is Cn1cc(C(C)(CNC(=O)c2nnc(-c3ccc(Cl)cc3Cl)s2)c2ccc(Cl)cn2)cn1. The molecule has 1 atom stereocenters. The van der Waals surface area contributed by atoms with Gasteiger partial charge in [-0.1, -0.05) is 46.1 Å². The van der Waals surface area contributed by atoms with Crippen LogP contribution >= 0.6 is 46.1 Å². The van der Waals surface area contributed by atoms with E-state index in [-0.39, 0.29) is 17.5 Å². The summed E-state index contributed by atoms with van der Waals surface area (Å²) in [6, 6.07) is 8.69. The molecule has 1 N–H and O–H groups in total. The lowest BCUT2D eigenvalue weighted by Gasteiger charge is -2.28. The summed E-state index contributed by atoms with van der Waals surface area (Å²) in [6.45, 7) is 2.25. The molecule has 7 nitrogen and oxygen atoms in total. The van der Waals surface area contributed by atoms with Gasteiger partial charge in [0, 0.05) is 42.1 Å². The van der Waals surface area contributed by atoms with Crippen LogP contribution in [0.25, 0.3) is 10.6 Å². The van der Waals surface area contributed by atoms with Gasteiger partial charge in [-0.25, -0.2) is 0 Å². The number of hydrogen-bond acceptors (Lipinski definition) is 6. The standard InChI is InChI=1S/C21H17Cl3N6OS/c1-21(12-8-27-30(2)10-12,17-6-4-14(23)9-25-17)11-26-18(31)20-29-28-19(32-20)15-5-3-13(22)7-16(15)24/h3-10H,11H2,1-2H3,(H,26,31). The number of aromatic nitrogens is 5. The van der Waals surface area contributed by atoms with Crippen molar-refractivity contribution in [3.05, 3.63) is 80.3 Å². The van der Waals surface area contributed by atoms with Gasteiger partial charge in [0.1, 0.15) is 5.01 Å². The molecule has 0 bridgehead atoms. The van der Waals surface area contributed by atoms with Gasteiger partial charge in [-0.05, 0) is 37.3 Å². The fourth-order valence-corrected chi connectivity index (χ4v) is 4.63. The van der Waals surface area contributed by atoms with Gasteiger partial charge in [-0.3, -0.25) is 14.5 Å². The Morgan fingerprint density at radius 2 is 1.91 bits per heavy atom. The van der Waals surface area contributed by atoms with E-state index in [9.17, 15) is 4.79 Å². The third-order valence-electron chi connectivity index (χ3n) is 5.02. The van der Waals surface area contributed by atoms with Gasteiger partial charge in [0.15, 0.2) is 0 Å². The molecule has 0 aliphatic rings. The Morgan fingerprint density at radius 3 is 2.56 bits per heavy atom. The third kappa shape index (κ3) is 4.63. The predicted molar refractivity (Wildman–Crippen MR) is 127 cm³/mol. The number of pyridine rings is 1. The lowest BCUT2D eigenvalue weighted by atomic mass is 9.80. The van der Waals surface area contributed by atoms with Crippen molar-refractivity contribution in [2.24, 2.45) is 7.05 Å². The summed E-state index contributed by atoms with van der Waals surface area (Å²) >= 11 is 19.4. The van der Waals surface area contributed by atoms with E-state index < -0.39 is 5.41 Å². The Bertz CT molecular complexity index is 1270. The first kappa shape index (κ1) is 22.7. The van der Waals surface area contributed by atoms with Crippen LogP contribution in [0.1, 0.15) is 28.0 Å². The van der Waals surface area contributed by atoms with Crippen molar-refractivity contribution in [3.8, 4) is 10.6 Å². The van der Waals surface area contributed by atoms with Crippen molar-refractivity contribution in [2.45, 2.75) is 12.3 Å². The van der Waals surface area contributed by atoms with Gasteiger partial charge in [-0.2, -0.15) is 5.10 Å². The third-order valence-corrected chi connectivity index (χ3v) is 6.74. The molecule has 3 heterocycles. The molecule has 1 aromatic carbocycles. The Morgan fingerprint density at radius 1 is 1.12 bits per heavy atom. The van der Waals surface area contributed by atoms with E-state index in [2.05, 4.69) is 25.6 Å². The summed E-state index contributed by atoms with van der Waals surface area (Å²) in [5.41, 5.74) is 1.68. The first-order valence-electron chi connectivity index (χ1n) is 9.44. The maximum absolute atomic E-state index is 12.9. The van der Waals surface area contributed by atoms with Crippen LogP contribution in [0.4, 0.5) is 0 Å². The van der Waals surface area contributed by atoms with E-state index in [1.54, 1.807) is 41.3 Å². The average molecular weight is 508 g/mol. The largest absolute Gasteiger partial charge is 0.349 e. The molecule has 1 amide bonds. The van der Waals surface area contributed by atoms with Crippen LogP contribution in [-0.2, 0) is 12.5 Å². The van der Waals surface area contributed by atoms with Crippen LogP contribution in [0.2, 0.25) is 15.1 Å². The molecule has 0 aliphatic carbocycles. The minimum absolute atomic E-state index is 0.226. The lowest BCUT2D eigenvalue weighted by Crippen LogP contribution is -2.40. The Hall–Kier alpha value is -2.52. The molecule has 0 radical (unpaired) electrons. The molecule has 3 aromatic heterocycles. The summed E-state index contributed by atoms with van der Waals surface area (Å²) < 4.78 is 1.71. The highest BCUT2D eigenvalue weighted by molar-refractivity contribution is 7.16. The molecule has 32 heavy (non-hydrogen) atoms. The molecular formula is C21H17Cl3N6OS. The molecular weight excluding hydrogens is 491 g/mol. The quantitative estimate of drug-likeness (QED) is 0.396. The number of benzene rings is 1. The van der Waals surface area contributed by atoms with Gasteiger partial charge in [-0.15, -0.1) is 10.2 Å². The zero-order valence-corrected chi connectivity index (χ0v) is 20.1. The maximum Gasteiger partial charge on any atom is 0.282 e. The maximum atomic E-state index is 12.9. The number of rotatable bonds is 6. The van der Waals surface area contributed by atoms with Crippen LogP contribution in [0.15, 0.2) is 48.9 Å². The van der Waals surface area contributed by atoms with Crippen molar-refractivity contribution in [1.29, 1.82) is 0 Å². The minimum atomic E-state index is -0.637. The monoisotopic (exact) mass is 506 g/mol. The van der Waals surface area contributed by atoms with Crippen LogP contribution in [0.5, 0.6) is 0 Å². The van der Waals surface area contributed by atoms with Crippen LogP contribution in [-0.4, -0.2) is 37.4 Å². The Kier molecular flexibility index (Phi) is 6.48. The first-order valence-corrected chi connectivity index (χ1v) is 11.4. The topological polar surface area (TPSA) is 85.6 Å². The van der Waals surface area contributed by atoms with E-state index in [1.807, 2.05) is 26.2 Å². The van der Waals surface area contributed by atoms with Crippen LogP contribution in [0.3, 0.4) is 0 Å². The zero-order valence-electron chi connectivity index (χ0n) is 17.0. The van der Waals surface area contributed by atoms with Crippen molar-refractivity contribution < 1.29 is 4.79 Å². The summed E-state index contributed by atoms with van der Waals surface area (Å²) in [6.07, 6.45) is 5.24. The van der Waals surface area contributed by atoms with E-state index in [0.717, 1.165) is 22.6 Å². The summed E-state index contributed by atoms with van der Waals surface area (Å²) in [5, 5.41) is 17.6. The number of hydrogen-bond donors (Lipinski definition) is 1. The predicted octanol–water partition coefficient (Wildman–Crippen LogP) is 5.03. The van der Waals surface area contributed by atoms with Gasteiger partial charge >= 0.3 is 0 Å². The first-order chi connectivity index (χ1) is 15.3. The lowest BCUT2D eigenvalue weighted by molar-refractivity contribution is 0.0946. The second kappa shape index (κ2) is 9.15. The van der Waals surface area contributed by atoms with Gasteiger partial charge in [0.2, 0.25) is 5.01 Å². The number of aryl methyl sites for hydroxylation is 1. The summed E-state index contributed by atoms with van der Waals surface area (Å²) in [5.74, 6) is -0.345. The molecule has 11 heteroatoms. The highest BCUT2D eigenvalue weighted by atomic mass is 35.5. The Balaban J connectivity index is 1.57. The number of carbonyl (C=O) groups excluding carboxylic acids is 1. The highest BCUT2D eigenvalue weighted by Crippen LogP contribution is 2.33. The van der Waals surface area contributed by atoms with Gasteiger partial charge in [0.05, 0.1) is 27.4 Å². The highest BCUT2D eigenvalue weighted by Gasteiger charge is 2.33. The van der Waals surface area contributed by atoms with Crippen molar-refractivity contribution in [1.82, 2.24) is 30.3 Å². The molecule has 0 saturated carbocycles. The molecule has 0 aliphatic heterocycles. The number of nitrogens with one attached hydrogen (secondary N) is 1. The molecule has 0 saturated heterocycles. The number of halogens is 3. The molecule has 0 fully saturated rings. The van der Waals surface area contributed by atoms with E-state index in [1.165, 1.54) is 0 Å². The van der Waals surface area contributed by atoms with Crippen molar-refractivity contribution in [2.75, 3.05) is 6.54 Å². The number of amides is 1. The zero-order chi connectivity index (χ0) is 22.9.